The molecular formula is C13H18N4. The standard InChI is InChI=1S/C13H18N4/c1-4-5-17-8-12(10(3)16-17)13-9(2)6-11(14)7-15-13/h6-8H,4-5,14H2,1-3H3. The fraction of sp³-hybridized carbons (Fsp3) is 0.385. The molecule has 4 heteroatoms. The Morgan fingerprint density at radius 3 is 2.76 bits per heavy atom. The number of hydrogen-bond acceptors (Lipinski definition) is 3. The number of aryl methyl sites for hydroxylation is 3. The second-order valence-corrected chi connectivity index (χ2v) is 4.33. The molecule has 2 aromatic heterocycles. The number of nitrogens with zero attached hydrogens (tertiary/aromatic N) is 3. The Morgan fingerprint density at radius 1 is 1.35 bits per heavy atom. The first-order valence-corrected chi connectivity index (χ1v) is 5.88. The number of aromatic nitrogens is 3. The molecule has 2 rings (SSSR count). The van der Waals surface area contributed by atoms with Crippen LogP contribution in [0.15, 0.2) is 18.5 Å². The fourth-order valence-corrected chi connectivity index (χ4v) is 1.97. The van der Waals surface area contributed by atoms with E-state index in [0.717, 1.165) is 35.5 Å². The monoisotopic (exact) mass is 230 g/mol. The van der Waals surface area contributed by atoms with Gasteiger partial charge in [-0.25, -0.2) is 0 Å². The topological polar surface area (TPSA) is 56.7 Å². The van der Waals surface area contributed by atoms with Crippen LogP contribution in [0.4, 0.5) is 5.69 Å². The highest BCUT2D eigenvalue weighted by Gasteiger charge is 2.10. The van der Waals surface area contributed by atoms with E-state index in [-0.39, 0.29) is 0 Å². The third-order valence-electron chi connectivity index (χ3n) is 2.75. The normalized spacial score (nSPS) is 10.8. The average Bonchev–Trinajstić information content (AvgIpc) is 2.60. The summed E-state index contributed by atoms with van der Waals surface area (Å²) >= 11 is 0. The highest BCUT2D eigenvalue weighted by atomic mass is 15.3. The van der Waals surface area contributed by atoms with Gasteiger partial charge in [-0.05, 0) is 31.9 Å². The van der Waals surface area contributed by atoms with Gasteiger partial charge in [0.1, 0.15) is 0 Å². The van der Waals surface area contributed by atoms with Gasteiger partial charge in [-0.3, -0.25) is 9.67 Å². The summed E-state index contributed by atoms with van der Waals surface area (Å²) < 4.78 is 1.97. The molecule has 0 fully saturated rings. The Kier molecular flexibility index (Phi) is 3.13. The maximum Gasteiger partial charge on any atom is 0.0767 e. The first-order chi connectivity index (χ1) is 8.11. The SMILES string of the molecule is CCCn1cc(-c2ncc(N)cc2C)c(C)n1. The molecule has 0 spiro atoms. The Labute approximate surface area is 101 Å². The van der Waals surface area contributed by atoms with Crippen molar-refractivity contribution in [1.29, 1.82) is 0 Å². The lowest BCUT2D eigenvalue weighted by Crippen LogP contribution is -1.96. The average molecular weight is 230 g/mol. The molecule has 0 amide bonds. The minimum atomic E-state index is 0.699. The van der Waals surface area contributed by atoms with Crippen LogP contribution in [-0.2, 0) is 6.54 Å². The van der Waals surface area contributed by atoms with Gasteiger partial charge in [0.2, 0.25) is 0 Å². The molecule has 2 heterocycles. The Bertz CT molecular complexity index is 528. The van der Waals surface area contributed by atoms with Crippen LogP contribution in [0.25, 0.3) is 11.3 Å². The third-order valence-corrected chi connectivity index (χ3v) is 2.75. The lowest BCUT2D eigenvalue weighted by Gasteiger charge is -2.03. The van der Waals surface area contributed by atoms with Crippen molar-refractivity contribution >= 4 is 5.69 Å². The van der Waals surface area contributed by atoms with E-state index in [4.69, 9.17) is 5.73 Å². The summed E-state index contributed by atoms with van der Waals surface area (Å²) in [4.78, 5) is 4.40. The first-order valence-electron chi connectivity index (χ1n) is 5.88. The Morgan fingerprint density at radius 2 is 2.12 bits per heavy atom. The van der Waals surface area contributed by atoms with Crippen LogP contribution in [-0.4, -0.2) is 14.8 Å². The van der Waals surface area contributed by atoms with E-state index in [0.29, 0.717) is 5.69 Å². The van der Waals surface area contributed by atoms with Gasteiger partial charge >= 0.3 is 0 Å². The maximum atomic E-state index is 5.71. The highest BCUT2D eigenvalue weighted by molar-refractivity contribution is 5.66. The van der Waals surface area contributed by atoms with Crippen LogP contribution < -0.4 is 5.73 Å². The molecule has 90 valence electrons. The summed E-state index contributed by atoms with van der Waals surface area (Å²) in [6.45, 7) is 7.12. The quantitative estimate of drug-likeness (QED) is 0.881. The number of hydrogen-bond donors (Lipinski definition) is 1. The minimum Gasteiger partial charge on any atom is -0.397 e. The Hall–Kier alpha value is -1.84. The van der Waals surface area contributed by atoms with E-state index in [1.54, 1.807) is 6.20 Å². The van der Waals surface area contributed by atoms with Crippen LogP contribution in [0.1, 0.15) is 24.6 Å². The molecule has 0 bridgehead atoms. The van der Waals surface area contributed by atoms with Crippen molar-refractivity contribution in [2.24, 2.45) is 0 Å². The van der Waals surface area contributed by atoms with E-state index < -0.39 is 0 Å². The zero-order valence-corrected chi connectivity index (χ0v) is 10.6. The van der Waals surface area contributed by atoms with Gasteiger partial charge in [0.15, 0.2) is 0 Å². The Balaban J connectivity index is 2.45. The molecule has 0 saturated heterocycles. The van der Waals surface area contributed by atoms with Gasteiger partial charge in [0, 0.05) is 18.3 Å². The highest BCUT2D eigenvalue weighted by Crippen LogP contribution is 2.24. The second kappa shape index (κ2) is 4.57. The van der Waals surface area contributed by atoms with E-state index in [1.807, 2.05) is 24.6 Å². The predicted molar refractivity (Wildman–Crippen MR) is 69.6 cm³/mol. The van der Waals surface area contributed by atoms with Crippen LogP contribution in [0, 0.1) is 13.8 Å². The zero-order chi connectivity index (χ0) is 12.4. The summed E-state index contributed by atoms with van der Waals surface area (Å²) in [6, 6.07) is 1.94. The van der Waals surface area contributed by atoms with Gasteiger partial charge in [0.25, 0.3) is 0 Å². The number of rotatable bonds is 3. The smallest absolute Gasteiger partial charge is 0.0767 e. The molecule has 0 aromatic carbocycles. The molecule has 0 radical (unpaired) electrons. The van der Waals surface area contributed by atoms with E-state index in [2.05, 4.69) is 23.2 Å². The molecule has 0 saturated carbocycles. The fourth-order valence-electron chi connectivity index (χ4n) is 1.97. The van der Waals surface area contributed by atoms with E-state index >= 15 is 0 Å². The molecule has 0 aliphatic rings. The molecule has 0 aliphatic carbocycles. The molecule has 2 N–H and O–H groups in total. The van der Waals surface area contributed by atoms with Crippen molar-refractivity contribution in [3.63, 3.8) is 0 Å². The molecule has 2 aromatic rings. The summed E-state index contributed by atoms with van der Waals surface area (Å²) in [5.41, 5.74) is 10.6. The maximum absolute atomic E-state index is 5.71. The van der Waals surface area contributed by atoms with Crippen molar-refractivity contribution in [2.45, 2.75) is 33.7 Å². The molecule has 0 unspecified atom stereocenters. The molecule has 0 atom stereocenters. The van der Waals surface area contributed by atoms with Crippen LogP contribution in [0.5, 0.6) is 0 Å². The van der Waals surface area contributed by atoms with Crippen LogP contribution >= 0.6 is 0 Å². The van der Waals surface area contributed by atoms with Crippen molar-refractivity contribution in [1.82, 2.24) is 14.8 Å². The van der Waals surface area contributed by atoms with Gasteiger partial charge in [0.05, 0.1) is 23.3 Å². The van der Waals surface area contributed by atoms with Crippen molar-refractivity contribution < 1.29 is 0 Å². The molecule has 4 nitrogen and oxygen atoms in total. The van der Waals surface area contributed by atoms with Crippen molar-refractivity contribution in [3.8, 4) is 11.3 Å². The lowest BCUT2D eigenvalue weighted by molar-refractivity contribution is 0.598. The largest absolute Gasteiger partial charge is 0.397 e. The van der Waals surface area contributed by atoms with Gasteiger partial charge in [-0.2, -0.15) is 5.10 Å². The summed E-state index contributed by atoms with van der Waals surface area (Å²) in [5, 5.41) is 4.49. The van der Waals surface area contributed by atoms with Crippen molar-refractivity contribution in [3.05, 3.63) is 29.7 Å². The van der Waals surface area contributed by atoms with E-state index in [9.17, 15) is 0 Å². The van der Waals surface area contributed by atoms with Crippen molar-refractivity contribution in [2.75, 3.05) is 5.73 Å². The van der Waals surface area contributed by atoms with Gasteiger partial charge in [-0.15, -0.1) is 0 Å². The second-order valence-electron chi connectivity index (χ2n) is 4.33. The number of pyridine rings is 1. The minimum absolute atomic E-state index is 0.699. The van der Waals surface area contributed by atoms with Gasteiger partial charge in [-0.1, -0.05) is 6.92 Å². The summed E-state index contributed by atoms with van der Waals surface area (Å²) in [5.74, 6) is 0. The van der Waals surface area contributed by atoms with E-state index in [1.165, 1.54) is 0 Å². The summed E-state index contributed by atoms with van der Waals surface area (Å²) in [7, 11) is 0. The molecular weight excluding hydrogens is 212 g/mol. The van der Waals surface area contributed by atoms with Gasteiger partial charge < -0.3 is 5.73 Å². The number of anilines is 1. The number of nitrogen functional groups attached to an aromatic ring is 1. The summed E-state index contributed by atoms with van der Waals surface area (Å²) in [6.07, 6.45) is 4.83. The zero-order valence-electron chi connectivity index (χ0n) is 10.6. The predicted octanol–water partition coefficient (Wildman–Crippen LogP) is 2.55. The van der Waals surface area contributed by atoms with Crippen LogP contribution in [0.3, 0.4) is 0 Å². The third kappa shape index (κ3) is 2.30. The first kappa shape index (κ1) is 11.6. The molecule has 17 heavy (non-hydrogen) atoms. The van der Waals surface area contributed by atoms with Crippen LogP contribution in [0.2, 0.25) is 0 Å². The molecule has 0 aliphatic heterocycles. The number of nitrogens with two attached hydrogens (primary N) is 1. The lowest BCUT2D eigenvalue weighted by atomic mass is 10.1.